The van der Waals surface area contributed by atoms with Gasteiger partial charge in [-0.3, -0.25) is 9.10 Å². The molecule has 1 aromatic heterocycles. The number of nitrogens with one attached hydrogen (secondary N) is 1. The van der Waals surface area contributed by atoms with Crippen molar-refractivity contribution < 1.29 is 22.7 Å². The first-order valence-corrected chi connectivity index (χ1v) is 12.9. The summed E-state index contributed by atoms with van der Waals surface area (Å²) < 4.78 is 40.7. The van der Waals surface area contributed by atoms with Crippen LogP contribution in [0.4, 0.5) is 5.69 Å². The summed E-state index contributed by atoms with van der Waals surface area (Å²) in [5.41, 5.74) is 2.11. The van der Waals surface area contributed by atoms with Crippen molar-refractivity contribution in [1.29, 1.82) is 0 Å². The Bertz CT molecular complexity index is 1470. The number of ether oxygens (including phenoxy) is 2. The summed E-state index contributed by atoms with van der Waals surface area (Å²) in [6.45, 7) is 1.74. The van der Waals surface area contributed by atoms with Crippen molar-refractivity contribution in [1.82, 2.24) is 14.9 Å². The normalized spacial score (nSPS) is 11.1. The van der Waals surface area contributed by atoms with Gasteiger partial charge < -0.3 is 19.4 Å². The number of anilines is 1. The largest absolute Gasteiger partial charge is 0.493 e. The minimum absolute atomic E-state index is 0.0722. The van der Waals surface area contributed by atoms with Crippen LogP contribution in [0.15, 0.2) is 90.1 Å². The van der Waals surface area contributed by atoms with Gasteiger partial charge in [-0.2, -0.15) is 0 Å². The summed E-state index contributed by atoms with van der Waals surface area (Å²) in [7, 11) is -1.09. The van der Waals surface area contributed by atoms with E-state index < -0.39 is 22.5 Å². The fraction of sp³-hybridized carbons (Fsp3) is 0.185. The molecule has 9 nitrogen and oxygen atoms in total. The number of methoxy groups -OCH3 is 2. The standard InChI is InChI=1S/C27H28N4O5S/c1-20-28-15-16-30(20)22-11-9-21(10-12-22)18-29-27(32)19-31(37(33,34)24-7-5-4-6-8-24)23-13-14-25(35-2)26(17-23)36-3/h4-17H,18-19H2,1-3H3,(H,29,32). The number of benzene rings is 3. The molecule has 0 radical (unpaired) electrons. The van der Waals surface area contributed by atoms with Gasteiger partial charge in [0.1, 0.15) is 12.4 Å². The van der Waals surface area contributed by atoms with E-state index in [9.17, 15) is 13.2 Å². The van der Waals surface area contributed by atoms with E-state index in [1.807, 2.05) is 42.0 Å². The molecule has 0 atom stereocenters. The zero-order chi connectivity index (χ0) is 26.4. The second kappa shape index (κ2) is 11.2. The van der Waals surface area contributed by atoms with Gasteiger partial charge in [-0.05, 0) is 48.9 Å². The Morgan fingerprint density at radius 1 is 0.973 bits per heavy atom. The van der Waals surface area contributed by atoms with E-state index in [-0.39, 0.29) is 17.1 Å². The van der Waals surface area contributed by atoms with E-state index in [4.69, 9.17) is 9.47 Å². The summed E-state index contributed by atoms with van der Waals surface area (Å²) in [5, 5.41) is 2.82. The highest BCUT2D eigenvalue weighted by molar-refractivity contribution is 7.92. The molecule has 0 fully saturated rings. The van der Waals surface area contributed by atoms with Crippen molar-refractivity contribution in [3.8, 4) is 17.2 Å². The molecular weight excluding hydrogens is 492 g/mol. The number of hydrogen-bond acceptors (Lipinski definition) is 6. The smallest absolute Gasteiger partial charge is 0.264 e. The van der Waals surface area contributed by atoms with Crippen LogP contribution < -0.4 is 19.1 Å². The molecule has 1 heterocycles. The van der Waals surface area contributed by atoms with Crippen LogP contribution in [0.2, 0.25) is 0 Å². The average Bonchev–Trinajstić information content (AvgIpc) is 3.36. The SMILES string of the molecule is COc1ccc(N(CC(=O)NCc2ccc(-n3ccnc3C)cc2)S(=O)(=O)c2ccccc2)cc1OC. The first kappa shape index (κ1) is 25.8. The van der Waals surface area contributed by atoms with Crippen LogP contribution in [0.25, 0.3) is 5.69 Å². The highest BCUT2D eigenvalue weighted by Crippen LogP contribution is 2.33. The molecule has 0 aliphatic carbocycles. The number of nitrogens with zero attached hydrogens (tertiary/aromatic N) is 3. The van der Waals surface area contributed by atoms with Crippen molar-refractivity contribution in [2.24, 2.45) is 0 Å². The summed E-state index contributed by atoms with van der Waals surface area (Å²) in [6.07, 6.45) is 3.61. The van der Waals surface area contributed by atoms with Gasteiger partial charge >= 0.3 is 0 Å². The first-order valence-electron chi connectivity index (χ1n) is 11.5. The Kier molecular flexibility index (Phi) is 7.78. The third kappa shape index (κ3) is 5.75. The molecule has 0 bridgehead atoms. The van der Waals surface area contributed by atoms with Crippen molar-refractivity contribution in [2.45, 2.75) is 18.4 Å². The van der Waals surface area contributed by atoms with Crippen molar-refractivity contribution in [3.05, 3.63) is 96.6 Å². The Labute approximate surface area is 216 Å². The summed E-state index contributed by atoms with van der Waals surface area (Å²) in [4.78, 5) is 17.3. The third-order valence-corrected chi connectivity index (χ3v) is 7.59. The zero-order valence-corrected chi connectivity index (χ0v) is 21.6. The molecule has 37 heavy (non-hydrogen) atoms. The van der Waals surface area contributed by atoms with Gasteiger partial charge in [-0.25, -0.2) is 13.4 Å². The van der Waals surface area contributed by atoms with E-state index in [0.29, 0.717) is 11.5 Å². The zero-order valence-electron chi connectivity index (χ0n) is 20.8. The van der Waals surface area contributed by atoms with Crippen LogP contribution in [0.3, 0.4) is 0 Å². The van der Waals surface area contributed by atoms with E-state index >= 15 is 0 Å². The highest BCUT2D eigenvalue weighted by Gasteiger charge is 2.28. The molecule has 192 valence electrons. The Balaban J connectivity index is 1.54. The lowest BCUT2D eigenvalue weighted by atomic mass is 10.2. The van der Waals surface area contributed by atoms with Crippen molar-refractivity contribution >= 4 is 21.6 Å². The summed E-state index contributed by atoms with van der Waals surface area (Å²) >= 11 is 0. The predicted octanol–water partition coefficient (Wildman–Crippen LogP) is 3.71. The number of imidazole rings is 1. The molecule has 0 spiro atoms. The Morgan fingerprint density at radius 3 is 2.30 bits per heavy atom. The van der Waals surface area contributed by atoms with E-state index in [1.165, 1.54) is 32.4 Å². The highest BCUT2D eigenvalue weighted by atomic mass is 32.2. The molecule has 0 aliphatic heterocycles. The molecule has 1 amide bonds. The lowest BCUT2D eigenvalue weighted by Crippen LogP contribution is -2.40. The molecule has 0 saturated heterocycles. The Hall–Kier alpha value is -4.31. The van der Waals surface area contributed by atoms with Gasteiger partial charge in [-0.1, -0.05) is 30.3 Å². The molecule has 3 aromatic carbocycles. The summed E-state index contributed by atoms with van der Waals surface area (Å²) in [5.74, 6) is 1.21. The minimum Gasteiger partial charge on any atom is -0.493 e. The third-order valence-electron chi connectivity index (χ3n) is 5.80. The second-order valence-corrected chi connectivity index (χ2v) is 10.0. The average molecular weight is 521 g/mol. The molecule has 4 aromatic rings. The maximum absolute atomic E-state index is 13.5. The van der Waals surface area contributed by atoms with Gasteiger partial charge in [0.15, 0.2) is 11.5 Å². The fourth-order valence-electron chi connectivity index (χ4n) is 3.83. The number of hydrogen-bond donors (Lipinski definition) is 1. The van der Waals surface area contributed by atoms with Gasteiger partial charge in [0.25, 0.3) is 10.0 Å². The molecule has 0 aliphatic rings. The predicted molar refractivity (Wildman–Crippen MR) is 141 cm³/mol. The molecule has 1 N–H and O–H groups in total. The number of amides is 1. The van der Waals surface area contributed by atoms with Crippen LogP contribution in [-0.2, 0) is 21.4 Å². The van der Waals surface area contributed by atoms with Gasteiger partial charge in [0.05, 0.1) is 24.8 Å². The number of rotatable bonds is 10. The second-order valence-electron chi connectivity index (χ2n) is 8.15. The topological polar surface area (TPSA) is 103 Å². The minimum atomic E-state index is -4.04. The van der Waals surface area contributed by atoms with Crippen LogP contribution >= 0.6 is 0 Å². The lowest BCUT2D eigenvalue weighted by molar-refractivity contribution is -0.119. The first-order chi connectivity index (χ1) is 17.8. The number of carbonyl (C=O) groups is 1. The Morgan fingerprint density at radius 2 is 1.68 bits per heavy atom. The quantitative estimate of drug-likeness (QED) is 0.342. The van der Waals surface area contributed by atoms with E-state index in [0.717, 1.165) is 21.4 Å². The van der Waals surface area contributed by atoms with Gasteiger partial charge in [0.2, 0.25) is 5.91 Å². The molecule has 4 rings (SSSR count). The molecular formula is C27H28N4O5S. The number of sulfonamides is 1. The van der Waals surface area contributed by atoms with Crippen LogP contribution in [-0.4, -0.2) is 44.6 Å². The maximum Gasteiger partial charge on any atom is 0.264 e. The summed E-state index contributed by atoms with van der Waals surface area (Å²) in [6, 6.07) is 20.4. The number of aryl methyl sites for hydroxylation is 1. The monoisotopic (exact) mass is 520 g/mol. The van der Waals surface area contributed by atoms with Crippen molar-refractivity contribution in [3.63, 3.8) is 0 Å². The molecule has 0 saturated carbocycles. The molecule has 10 heteroatoms. The van der Waals surface area contributed by atoms with Crippen LogP contribution in [0, 0.1) is 6.92 Å². The number of carbonyl (C=O) groups excluding carboxylic acids is 1. The van der Waals surface area contributed by atoms with Gasteiger partial charge in [-0.15, -0.1) is 0 Å². The number of aromatic nitrogens is 2. The van der Waals surface area contributed by atoms with Crippen molar-refractivity contribution in [2.75, 3.05) is 25.1 Å². The van der Waals surface area contributed by atoms with E-state index in [2.05, 4.69) is 10.3 Å². The fourth-order valence-corrected chi connectivity index (χ4v) is 5.26. The van der Waals surface area contributed by atoms with E-state index in [1.54, 1.807) is 36.5 Å². The lowest BCUT2D eigenvalue weighted by Gasteiger charge is -2.25. The van der Waals surface area contributed by atoms with Gasteiger partial charge in [0, 0.05) is 30.7 Å². The maximum atomic E-state index is 13.5. The van der Waals surface area contributed by atoms with Crippen LogP contribution in [0.1, 0.15) is 11.4 Å². The molecule has 0 unspecified atom stereocenters. The van der Waals surface area contributed by atoms with Crippen LogP contribution in [0.5, 0.6) is 11.5 Å².